The molecule has 0 aromatic rings. The Labute approximate surface area is 100 Å². The predicted molar refractivity (Wildman–Crippen MR) is 60.2 cm³/mol. The second-order valence-corrected chi connectivity index (χ2v) is 6.31. The highest BCUT2D eigenvalue weighted by Crippen LogP contribution is 2.20. The smallest absolute Gasteiger partial charge is 0.316 e. The van der Waals surface area contributed by atoms with Gasteiger partial charge in [-0.2, -0.15) is 13.2 Å². The summed E-state index contributed by atoms with van der Waals surface area (Å²) >= 11 is 0. The van der Waals surface area contributed by atoms with Crippen molar-refractivity contribution in [1.29, 1.82) is 0 Å². The predicted octanol–water partition coefficient (Wildman–Crippen LogP) is 1.20. The fourth-order valence-electron chi connectivity index (χ4n) is 1.17. The van der Waals surface area contributed by atoms with Gasteiger partial charge in [-0.15, -0.1) is 0 Å². The zero-order valence-corrected chi connectivity index (χ0v) is 11.0. The van der Waals surface area contributed by atoms with Crippen LogP contribution >= 0.6 is 0 Å². The molecule has 0 aliphatic rings. The maximum atomic E-state index is 12.0. The molecule has 1 unspecified atom stereocenters. The molecule has 0 bridgehead atoms. The first kappa shape index (κ1) is 16.7. The Morgan fingerprint density at radius 2 is 1.88 bits per heavy atom. The number of rotatable bonds is 7. The molecule has 1 N–H and O–H groups in total. The van der Waals surface area contributed by atoms with Crippen molar-refractivity contribution in [3.63, 3.8) is 0 Å². The molecule has 8 heteroatoms. The molecule has 0 radical (unpaired) electrons. The van der Waals surface area contributed by atoms with Crippen LogP contribution in [-0.4, -0.2) is 50.8 Å². The molecule has 0 saturated heterocycles. The van der Waals surface area contributed by atoms with E-state index in [2.05, 4.69) is 5.32 Å². The third-order valence-electron chi connectivity index (χ3n) is 2.33. The lowest BCUT2D eigenvalue weighted by Gasteiger charge is -2.22. The van der Waals surface area contributed by atoms with Crippen LogP contribution in [0.1, 0.15) is 20.3 Å². The van der Waals surface area contributed by atoms with E-state index in [-0.39, 0.29) is 6.54 Å². The lowest BCUT2D eigenvalue weighted by Crippen LogP contribution is -2.41. The van der Waals surface area contributed by atoms with Crippen LogP contribution in [0.2, 0.25) is 0 Å². The highest BCUT2D eigenvalue weighted by atomic mass is 32.2. The molecule has 0 aromatic heterocycles. The van der Waals surface area contributed by atoms with Crippen LogP contribution in [0.4, 0.5) is 13.2 Å². The third kappa shape index (κ3) is 6.23. The van der Waals surface area contributed by atoms with Crippen LogP contribution in [0.15, 0.2) is 0 Å². The van der Waals surface area contributed by atoms with Crippen molar-refractivity contribution in [2.45, 2.75) is 31.7 Å². The van der Waals surface area contributed by atoms with E-state index in [4.69, 9.17) is 0 Å². The first-order valence-electron chi connectivity index (χ1n) is 5.34. The number of halogens is 3. The Morgan fingerprint density at radius 3 is 2.29 bits per heavy atom. The Bertz CT molecular complexity index is 317. The van der Waals surface area contributed by atoms with Crippen molar-refractivity contribution in [1.82, 2.24) is 9.62 Å². The maximum Gasteiger partial charge on any atom is 0.390 e. The summed E-state index contributed by atoms with van der Waals surface area (Å²) in [5, 5.41) is 2.12. The number of hydrogen-bond donors (Lipinski definition) is 1. The van der Waals surface area contributed by atoms with E-state index >= 15 is 0 Å². The van der Waals surface area contributed by atoms with Crippen molar-refractivity contribution in [2.24, 2.45) is 0 Å². The second-order valence-electron chi connectivity index (χ2n) is 3.85. The van der Waals surface area contributed by atoms with Crippen LogP contribution in [0.5, 0.6) is 0 Å². The number of nitrogens with one attached hydrogen (secondary N) is 1. The van der Waals surface area contributed by atoms with E-state index in [0.717, 1.165) is 4.31 Å². The highest BCUT2D eigenvalue weighted by Gasteiger charge is 2.31. The number of sulfonamides is 1. The standard InChI is InChI=1S/C9H19F3N2O2S/c1-4-13-7-8(2)17(15,16)14(3)6-5-9(10,11)12/h8,13H,4-7H2,1-3H3. The molecular weight excluding hydrogens is 257 g/mol. The maximum absolute atomic E-state index is 12.0. The molecule has 0 spiro atoms. The first-order chi connectivity index (χ1) is 7.61. The zero-order chi connectivity index (χ0) is 13.7. The Morgan fingerprint density at radius 1 is 1.35 bits per heavy atom. The van der Waals surface area contributed by atoms with E-state index in [9.17, 15) is 21.6 Å². The largest absolute Gasteiger partial charge is 0.390 e. The summed E-state index contributed by atoms with van der Waals surface area (Å²) in [6.07, 6.45) is -5.47. The van der Waals surface area contributed by atoms with Gasteiger partial charge in [0.2, 0.25) is 10.0 Å². The lowest BCUT2D eigenvalue weighted by atomic mass is 10.4. The van der Waals surface area contributed by atoms with Gasteiger partial charge in [-0.3, -0.25) is 0 Å². The van der Waals surface area contributed by atoms with Crippen LogP contribution < -0.4 is 5.32 Å². The van der Waals surface area contributed by atoms with Crippen LogP contribution in [0, 0.1) is 0 Å². The zero-order valence-electron chi connectivity index (χ0n) is 10.2. The van der Waals surface area contributed by atoms with Crippen LogP contribution in [0.25, 0.3) is 0 Å². The molecule has 4 nitrogen and oxygen atoms in total. The van der Waals surface area contributed by atoms with Crippen molar-refractivity contribution >= 4 is 10.0 Å². The summed E-state index contributed by atoms with van der Waals surface area (Å²) in [6.45, 7) is 3.61. The first-order valence-corrected chi connectivity index (χ1v) is 6.84. The fraction of sp³-hybridized carbons (Fsp3) is 1.00. The van der Waals surface area contributed by atoms with Crippen molar-refractivity contribution in [2.75, 3.05) is 26.7 Å². The van der Waals surface area contributed by atoms with Crippen LogP contribution in [0.3, 0.4) is 0 Å². The van der Waals surface area contributed by atoms with Gasteiger partial charge in [0, 0.05) is 20.1 Å². The molecular formula is C9H19F3N2O2S. The molecule has 0 aliphatic heterocycles. The average Bonchev–Trinajstić information content (AvgIpc) is 2.21. The molecule has 0 heterocycles. The van der Waals surface area contributed by atoms with E-state index in [1.54, 1.807) is 0 Å². The van der Waals surface area contributed by atoms with Crippen LogP contribution in [-0.2, 0) is 10.0 Å². The Hall–Kier alpha value is -0.340. The van der Waals surface area contributed by atoms with Gasteiger partial charge in [-0.25, -0.2) is 12.7 Å². The highest BCUT2D eigenvalue weighted by molar-refractivity contribution is 7.89. The van der Waals surface area contributed by atoms with Gasteiger partial charge < -0.3 is 5.32 Å². The molecule has 1 atom stereocenters. The fourth-order valence-corrected chi connectivity index (χ4v) is 2.46. The summed E-state index contributed by atoms with van der Waals surface area (Å²) in [5.74, 6) is 0. The number of alkyl halides is 3. The van der Waals surface area contributed by atoms with Gasteiger partial charge >= 0.3 is 6.18 Å². The molecule has 0 aliphatic carbocycles. The normalized spacial score (nSPS) is 15.2. The lowest BCUT2D eigenvalue weighted by molar-refractivity contribution is -0.135. The van der Waals surface area contributed by atoms with Gasteiger partial charge in [0.05, 0.1) is 11.7 Å². The summed E-state index contributed by atoms with van der Waals surface area (Å²) in [4.78, 5) is 0. The molecule has 104 valence electrons. The van der Waals surface area contributed by atoms with E-state index < -0.39 is 34.4 Å². The minimum absolute atomic E-state index is 0.231. The SMILES string of the molecule is CCNCC(C)S(=O)(=O)N(C)CCC(F)(F)F. The van der Waals surface area contributed by atoms with Gasteiger partial charge in [0.25, 0.3) is 0 Å². The van der Waals surface area contributed by atoms with E-state index in [0.29, 0.717) is 6.54 Å². The summed E-state index contributed by atoms with van der Waals surface area (Å²) in [6, 6.07) is 0. The monoisotopic (exact) mass is 276 g/mol. The molecule has 0 aromatic carbocycles. The molecule has 0 rings (SSSR count). The third-order valence-corrected chi connectivity index (χ3v) is 4.57. The summed E-state index contributed by atoms with van der Waals surface area (Å²) < 4.78 is 60.2. The Kier molecular flexibility index (Phi) is 6.42. The van der Waals surface area contributed by atoms with E-state index in [1.807, 2.05) is 6.92 Å². The molecule has 17 heavy (non-hydrogen) atoms. The minimum Gasteiger partial charge on any atom is -0.316 e. The second kappa shape index (κ2) is 6.55. The van der Waals surface area contributed by atoms with Crippen molar-refractivity contribution in [3.8, 4) is 0 Å². The average molecular weight is 276 g/mol. The topological polar surface area (TPSA) is 49.4 Å². The van der Waals surface area contributed by atoms with Gasteiger partial charge in [-0.05, 0) is 13.5 Å². The van der Waals surface area contributed by atoms with Gasteiger partial charge in [-0.1, -0.05) is 6.92 Å². The quantitative estimate of drug-likeness (QED) is 0.760. The van der Waals surface area contributed by atoms with Gasteiger partial charge in [0.15, 0.2) is 0 Å². The molecule has 0 saturated carbocycles. The summed E-state index contributed by atoms with van der Waals surface area (Å²) in [7, 11) is -2.49. The molecule has 0 amide bonds. The Balaban J connectivity index is 4.39. The van der Waals surface area contributed by atoms with Gasteiger partial charge in [0.1, 0.15) is 0 Å². The molecule has 0 fully saturated rings. The minimum atomic E-state index is -4.34. The van der Waals surface area contributed by atoms with Crippen molar-refractivity contribution < 1.29 is 21.6 Å². The van der Waals surface area contributed by atoms with Crippen molar-refractivity contribution in [3.05, 3.63) is 0 Å². The summed E-state index contributed by atoms with van der Waals surface area (Å²) in [5.41, 5.74) is 0. The number of nitrogens with zero attached hydrogens (tertiary/aromatic N) is 1. The number of hydrogen-bond acceptors (Lipinski definition) is 3. The van der Waals surface area contributed by atoms with E-state index in [1.165, 1.54) is 14.0 Å².